The number of benzene rings is 1. The second-order valence-electron chi connectivity index (χ2n) is 8.60. The fourth-order valence-electron chi connectivity index (χ4n) is 3.99. The first-order valence-electron chi connectivity index (χ1n) is 10.5. The maximum Gasteiger partial charge on any atom is 0.327 e. The van der Waals surface area contributed by atoms with E-state index in [4.69, 9.17) is 5.73 Å². The number of carboxylic acid groups (broad SMARTS) is 1. The number of hydrogen-bond donors (Lipinski definition) is 6. The minimum absolute atomic E-state index is 0.0559. The molecule has 4 amide bonds. The van der Waals surface area contributed by atoms with E-state index in [1.54, 1.807) is 13.8 Å². The monoisotopic (exact) mass is 493 g/mol. The molecule has 0 spiro atoms. The number of nitrogens with zero attached hydrogens (tertiary/aromatic N) is 1. The van der Waals surface area contributed by atoms with Gasteiger partial charge in [0.2, 0.25) is 23.6 Å². The highest BCUT2D eigenvalue weighted by molar-refractivity contribution is 8.01. The number of carboxylic acids is 1. The number of amides is 4. The van der Waals surface area contributed by atoms with Crippen molar-refractivity contribution in [2.75, 3.05) is 7.05 Å². The molecule has 1 aromatic carbocycles. The zero-order valence-electron chi connectivity index (χ0n) is 18.8. The molecular weight excluding hydrogens is 466 g/mol. The Balaban J connectivity index is 1.78. The Morgan fingerprint density at radius 1 is 1.18 bits per heavy atom. The van der Waals surface area contributed by atoms with Crippen molar-refractivity contribution in [3.8, 4) is 5.75 Å². The van der Waals surface area contributed by atoms with Gasteiger partial charge in [0.15, 0.2) is 0 Å². The molecular formula is C21H27N5O7S. The summed E-state index contributed by atoms with van der Waals surface area (Å²) < 4.78 is -0.761. The van der Waals surface area contributed by atoms with Gasteiger partial charge in [-0.3, -0.25) is 19.2 Å². The summed E-state index contributed by atoms with van der Waals surface area (Å²) in [6.07, 6.45) is -0.299. The summed E-state index contributed by atoms with van der Waals surface area (Å²) >= 11 is 1.27. The molecule has 184 valence electrons. The number of carbonyl (C=O) groups excluding carboxylic acids is 4. The number of aromatic hydroxyl groups is 1. The molecule has 0 unspecified atom stereocenters. The third kappa shape index (κ3) is 4.80. The summed E-state index contributed by atoms with van der Waals surface area (Å²) in [6, 6.07) is 0.997. The number of thioether (sulfide) groups is 1. The summed E-state index contributed by atoms with van der Waals surface area (Å²) in [5.41, 5.74) is 6.09. The standard InChI is InChI=1S/C21H27N5O7S/c1-21(2)15(20(32)33)26-18(31)14(19(26)34-21)25-17(30)13(9-4-6-10(27)7-5-9)24-16(29)11(22)8-12(28)23-3/h4-7,11,13-15,19,27H,8,22H2,1-3H3,(H,23,28)(H,24,29)(H,25,30)(H,32,33)/t11-,13-,14+,15-,19+/m0/s1. The van der Waals surface area contributed by atoms with E-state index in [0.29, 0.717) is 5.56 Å². The molecule has 0 aromatic heterocycles. The number of carbonyl (C=O) groups is 5. The van der Waals surface area contributed by atoms with Crippen molar-refractivity contribution in [2.45, 2.75) is 54.6 Å². The Labute approximate surface area is 199 Å². The van der Waals surface area contributed by atoms with Crippen molar-refractivity contribution in [3.63, 3.8) is 0 Å². The summed E-state index contributed by atoms with van der Waals surface area (Å²) in [5.74, 6) is -3.66. The Morgan fingerprint density at radius 3 is 2.35 bits per heavy atom. The minimum atomic E-state index is -1.28. The zero-order valence-corrected chi connectivity index (χ0v) is 19.6. The molecule has 0 saturated carbocycles. The largest absolute Gasteiger partial charge is 0.508 e. The molecule has 0 aliphatic carbocycles. The van der Waals surface area contributed by atoms with Crippen LogP contribution in [-0.4, -0.2) is 80.0 Å². The van der Waals surface area contributed by atoms with Gasteiger partial charge >= 0.3 is 5.97 Å². The Morgan fingerprint density at radius 2 is 1.79 bits per heavy atom. The number of hydrogen-bond acceptors (Lipinski definition) is 8. The molecule has 1 aromatic rings. The lowest BCUT2D eigenvalue weighted by molar-refractivity contribution is -0.161. The second kappa shape index (κ2) is 9.50. The maximum absolute atomic E-state index is 13.2. The number of nitrogens with two attached hydrogens (primary N) is 1. The number of rotatable bonds is 8. The van der Waals surface area contributed by atoms with Crippen molar-refractivity contribution in [1.29, 1.82) is 0 Å². The van der Waals surface area contributed by atoms with Crippen molar-refractivity contribution in [2.24, 2.45) is 5.73 Å². The molecule has 0 radical (unpaired) electrons. The lowest BCUT2D eigenvalue weighted by Gasteiger charge is -2.44. The van der Waals surface area contributed by atoms with Gasteiger partial charge < -0.3 is 36.8 Å². The van der Waals surface area contributed by atoms with Gasteiger partial charge in [0, 0.05) is 11.8 Å². The predicted octanol–water partition coefficient (Wildman–Crippen LogP) is -1.36. The number of phenolic OH excluding ortho intramolecular Hbond substituents is 1. The highest BCUT2D eigenvalue weighted by atomic mass is 32.2. The van der Waals surface area contributed by atoms with Crippen molar-refractivity contribution in [1.82, 2.24) is 20.9 Å². The summed E-state index contributed by atoms with van der Waals surface area (Å²) in [7, 11) is 1.40. The number of β-lactam (4-membered cyclic amide) rings is 1. The number of nitrogens with one attached hydrogen (secondary N) is 3. The van der Waals surface area contributed by atoms with Gasteiger partial charge in [-0.15, -0.1) is 11.8 Å². The second-order valence-corrected chi connectivity index (χ2v) is 10.4. The van der Waals surface area contributed by atoms with Crippen LogP contribution < -0.4 is 21.7 Å². The van der Waals surface area contributed by atoms with E-state index in [2.05, 4.69) is 16.0 Å². The van der Waals surface area contributed by atoms with Crippen LogP contribution in [0.25, 0.3) is 0 Å². The van der Waals surface area contributed by atoms with E-state index in [1.807, 2.05) is 0 Å². The van der Waals surface area contributed by atoms with Crippen LogP contribution in [0.4, 0.5) is 0 Å². The van der Waals surface area contributed by atoms with Crippen molar-refractivity contribution < 1.29 is 34.2 Å². The third-order valence-electron chi connectivity index (χ3n) is 5.77. The van der Waals surface area contributed by atoms with Crippen LogP contribution in [0.15, 0.2) is 24.3 Å². The Bertz CT molecular complexity index is 1020. The van der Waals surface area contributed by atoms with Crippen LogP contribution >= 0.6 is 11.8 Å². The van der Waals surface area contributed by atoms with Gasteiger partial charge in [-0.2, -0.15) is 0 Å². The van der Waals surface area contributed by atoms with Crippen molar-refractivity contribution >= 4 is 41.4 Å². The first-order valence-corrected chi connectivity index (χ1v) is 11.3. The molecule has 2 aliphatic rings. The molecule has 34 heavy (non-hydrogen) atoms. The molecule has 2 aliphatic heterocycles. The molecule has 7 N–H and O–H groups in total. The van der Waals surface area contributed by atoms with E-state index >= 15 is 0 Å². The molecule has 2 heterocycles. The Kier molecular flexibility index (Phi) is 7.07. The van der Waals surface area contributed by atoms with E-state index < -0.39 is 63.9 Å². The van der Waals surface area contributed by atoms with E-state index in [9.17, 15) is 34.2 Å². The van der Waals surface area contributed by atoms with Crippen LogP contribution in [-0.2, 0) is 24.0 Å². The predicted molar refractivity (Wildman–Crippen MR) is 121 cm³/mol. The average molecular weight is 494 g/mol. The van der Waals surface area contributed by atoms with Gasteiger partial charge in [0.25, 0.3) is 0 Å². The molecule has 0 bridgehead atoms. The number of fused-ring (bicyclic) bond motifs is 1. The fraction of sp³-hybridized carbons (Fsp3) is 0.476. The Hall–Kier alpha value is -3.32. The maximum atomic E-state index is 13.2. The summed E-state index contributed by atoms with van der Waals surface area (Å²) in [5, 5.41) is 26.0. The first-order chi connectivity index (χ1) is 15.9. The average Bonchev–Trinajstić information content (AvgIpc) is 3.03. The minimum Gasteiger partial charge on any atom is -0.508 e. The van der Waals surface area contributed by atoms with Gasteiger partial charge in [-0.05, 0) is 31.5 Å². The van der Waals surface area contributed by atoms with Gasteiger partial charge in [-0.1, -0.05) is 12.1 Å². The van der Waals surface area contributed by atoms with Crippen LogP contribution in [0.5, 0.6) is 5.75 Å². The first kappa shape index (κ1) is 25.3. The molecule has 12 nitrogen and oxygen atoms in total. The van der Waals surface area contributed by atoms with Crippen LogP contribution in [0, 0.1) is 0 Å². The smallest absolute Gasteiger partial charge is 0.327 e. The zero-order chi connectivity index (χ0) is 25.4. The molecule has 2 fully saturated rings. The van der Waals surface area contributed by atoms with E-state index in [1.165, 1.54) is 48.0 Å². The van der Waals surface area contributed by atoms with Gasteiger partial charge in [0.1, 0.15) is 29.2 Å². The van der Waals surface area contributed by atoms with Gasteiger partial charge in [-0.25, -0.2) is 4.79 Å². The lowest BCUT2D eigenvalue weighted by Crippen LogP contribution is -2.71. The number of aliphatic carboxylic acids is 1. The van der Waals surface area contributed by atoms with E-state index in [-0.39, 0.29) is 12.2 Å². The topological polar surface area (TPSA) is 191 Å². The molecule has 13 heteroatoms. The highest BCUT2D eigenvalue weighted by Gasteiger charge is 2.64. The van der Waals surface area contributed by atoms with Crippen LogP contribution in [0.1, 0.15) is 31.9 Å². The summed E-state index contributed by atoms with van der Waals surface area (Å²) in [4.78, 5) is 62.9. The van der Waals surface area contributed by atoms with Crippen LogP contribution in [0.3, 0.4) is 0 Å². The highest BCUT2D eigenvalue weighted by Crippen LogP contribution is 2.50. The molecule has 5 atom stereocenters. The van der Waals surface area contributed by atoms with Gasteiger partial charge in [0.05, 0.1) is 12.5 Å². The van der Waals surface area contributed by atoms with E-state index in [0.717, 1.165) is 0 Å². The molecule has 2 saturated heterocycles. The molecule has 3 rings (SSSR count). The third-order valence-corrected chi connectivity index (χ3v) is 7.34. The number of phenols is 1. The van der Waals surface area contributed by atoms with Crippen molar-refractivity contribution in [3.05, 3.63) is 29.8 Å². The lowest BCUT2D eigenvalue weighted by atomic mass is 9.95. The normalized spacial score (nSPS) is 24.3. The fourth-order valence-corrected chi connectivity index (χ4v) is 5.62. The van der Waals surface area contributed by atoms with Crippen LogP contribution in [0.2, 0.25) is 0 Å². The SMILES string of the molecule is CNC(=O)C[C@H](N)C(=O)N[C@H](C(=O)N[C@@H]1C(=O)N2[C@@H]1SC(C)(C)[C@@H]2C(=O)O)c1ccc(O)cc1. The quantitative estimate of drug-likeness (QED) is 0.238. The summed E-state index contributed by atoms with van der Waals surface area (Å²) in [6.45, 7) is 3.43.